The molecule has 2 atom stereocenters. The van der Waals surface area contributed by atoms with E-state index in [1.54, 1.807) is 12.1 Å². The molecule has 0 bridgehead atoms. The second-order valence-electron chi connectivity index (χ2n) is 7.16. The molecule has 0 heterocycles. The first-order chi connectivity index (χ1) is 14.7. The molecule has 0 aromatic heterocycles. The molecule has 2 rings (SSSR count). The van der Waals surface area contributed by atoms with Gasteiger partial charge >= 0.3 is 11.9 Å². The van der Waals surface area contributed by atoms with Crippen molar-refractivity contribution in [1.29, 1.82) is 0 Å². The average molecular weight is 449 g/mol. The van der Waals surface area contributed by atoms with Crippen LogP contribution in [0.5, 0.6) is 0 Å². The molecule has 0 saturated heterocycles. The zero-order valence-electron chi connectivity index (χ0n) is 17.6. The highest BCUT2D eigenvalue weighted by atomic mass is 32.2. The first-order valence-electron chi connectivity index (χ1n) is 9.90. The molecule has 0 radical (unpaired) electrons. The number of carboxylic acids is 1. The Morgan fingerprint density at radius 1 is 1.00 bits per heavy atom. The number of benzene rings is 2. The van der Waals surface area contributed by atoms with E-state index in [1.165, 1.54) is 19.2 Å². The summed E-state index contributed by atoms with van der Waals surface area (Å²) in [6.45, 7) is 1.79. The number of carboxylic acid groups (broad SMARTS) is 1. The van der Waals surface area contributed by atoms with Gasteiger partial charge in [0.1, 0.15) is 12.1 Å². The molecule has 2 aromatic carbocycles. The summed E-state index contributed by atoms with van der Waals surface area (Å²) in [7, 11) is -2.54. The number of carbonyl (C=O) groups is 2. The van der Waals surface area contributed by atoms with Crippen molar-refractivity contribution in [2.45, 2.75) is 43.2 Å². The van der Waals surface area contributed by atoms with E-state index in [2.05, 4.69) is 10.0 Å². The molecule has 2 aromatic rings. The molecule has 0 aliphatic carbocycles. The van der Waals surface area contributed by atoms with Gasteiger partial charge in [0.25, 0.3) is 0 Å². The van der Waals surface area contributed by atoms with E-state index in [1.807, 2.05) is 37.3 Å². The van der Waals surface area contributed by atoms with Gasteiger partial charge in [0.15, 0.2) is 0 Å². The minimum Gasteiger partial charge on any atom is -0.480 e. The number of aliphatic carboxylic acids is 1. The van der Waals surface area contributed by atoms with Crippen LogP contribution in [0.3, 0.4) is 0 Å². The summed E-state index contributed by atoms with van der Waals surface area (Å²) in [6.07, 6.45) is 0.813. The van der Waals surface area contributed by atoms with Crippen LogP contribution in [-0.4, -0.2) is 51.2 Å². The summed E-state index contributed by atoms with van der Waals surface area (Å²) in [5.41, 5.74) is 1.92. The van der Waals surface area contributed by atoms with Crippen molar-refractivity contribution >= 4 is 22.0 Å². The molecule has 8 nitrogen and oxygen atoms in total. The van der Waals surface area contributed by atoms with Gasteiger partial charge in [-0.1, -0.05) is 48.0 Å². The maximum atomic E-state index is 12.4. The number of carbonyl (C=O) groups excluding carboxylic acids is 1. The standard InChI is InChI=1S/C22H28N2O6S/c1-16-8-11-18(12-9-16)31(28,29)23-15-14-20(22(27)30-2)24-19(21(25)26)13-10-17-6-4-3-5-7-17/h3-9,11-12,19-20,23-24H,10,13-15H2,1-2H3,(H,25,26)/t19-,20?/m1/s1. The fraction of sp³-hybridized carbons (Fsp3) is 0.364. The molecule has 0 aliphatic rings. The summed E-state index contributed by atoms with van der Waals surface area (Å²) in [4.78, 5) is 24.0. The molecule has 0 spiro atoms. The molecule has 3 N–H and O–H groups in total. The monoisotopic (exact) mass is 448 g/mol. The molecule has 0 saturated carbocycles. The molecule has 0 amide bonds. The smallest absolute Gasteiger partial charge is 0.322 e. The SMILES string of the molecule is COC(=O)C(CCNS(=O)(=O)c1ccc(C)cc1)N[C@H](CCc1ccccc1)C(=O)O. The summed E-state index contributed by atoms with van der Waals surface area (Å²) in [5, 5.41) is 12.4. The Bertz CT molecular complexity index is 961. The van der Waals surface area contributed by atoms with Crippen LogP contribution in [0.4, 0.5) is 0 Å². The summed E-state index contributed by atoms with van der Waals surface area (Å²) in [6, 6.07) is 13.8. The second kappa shape index (κ2) is 11.6. The number of hydrogen-bond acceptors (Lipinski definition) is 6. The molecule has 1 unspecified atom stereocenters. The highest BCUT2D eigenvalue weighted by Gasteiger charge is 2.27. The number of nitrogens with one attached hydrogen (secondary N) is 2. The van der Waals surface area contributed by atoms with Gasteiger partial charge in [0, 0.05) is 6.54 Å². The number of sulfonamides is 1. The number of ether oxygens (including phenoxy) is 1. The van der Waals surface area contributed by atoms with E-state index in [4.69, 9.17) is 4.74 Å². The lowest BCUT2D eigenvalue weighted by atomic mass is 10.0. The Labute approximate surface area is 182 Å². The zero-order chi connectivity index (χ0) is 22.9. The number of esters is 1. The number of aryl methyl sites for hydroxylation is 2. The molecule has 0 fully saturated rings. The van der Waals surface area contributed by atoms with Crippen molar-refractivity contribution in [3.05, 3.63) is 65.7 Å². The highest BCUT2D eigenvalue weighted by Crippen LogP contribution is 2.11. The van der Waals surface area contributed by atoms with Gasteiger partial charge < -0.3 is 9.84 Å². The van der Waals surface area contributed by atoms with E-state index in [0.29, 0.717) is 6.42 Å². The quantitative estimate of drug-likeness (QED) is 0.424. The first kappa shape index (κ1) is 24.5. The molecule has 31 heavy (non-hydrogen) atoms. The molecular formula is C22H28N2O6S. The van der Waals surface area contributed by atoms with Crippen molar-refractivity contribution in [2.75, 3.05) is 13.7 Å². The molecular weight excluding hydrogens is 420 g/mol. The van der Waals surface area contributed by atoms with Crippen molar-refractivity contribution in [1.82, 2.24) is 10.0 Å². The lowest BCUT2D eigenvalue weighted by Crippen LogP contribution is -2.49. The third-order valence-corrected chi connectivity index (χ3v) is 6.28. The summed E-state index contributed by atoms with van der Waals surface area (Å²) in [5.74, 6) is -1.74. The zero-order valence-corrected chi connectivity index (χ0v) is 18.4. The Balaban J connectivity index is 1.98. The largest absolute Gasteiger partial charge is 0.480 e. The predicted octanol–water partition coefficient (Wildman–Crippen LogP) is 1.88. The Morgan fingerprint density at radius 3 is 2.23 bits per heavy atom. The summed E-state index contributed by atoms with van der Waals surface area (Å²) < 4.78 is 32.0. The van der Waals surface area contributed by atoms with Crippen LogP contribution in [0.25, 0.3) is 0 Å². The van der Waals surface area contributed by atoms with Crippen molar-refractivity contribution in [3.63, 3.8) is 0 Å². The minimum absolute atomic E-state index is 0.0346. The first-order valence-corrected chi connectivity index (χ1v) is 11.4. The van der Waals surface area contributed by atoms with Crippen LogP contribution in [0, 0.1) is 6.92 Å². The van der Waals surface area contributed by atoms with Crippen molar-refractivity contribution in [3.8, 4) is 0 Å². The van der Waals surface area contributed by atoms with E-state index < -0.39 is 34.0 Å². The molecule has 168 valence electrons. The van der Waals surface area contributed by atoms with Crippen LogP contribution in [0.1, 0.15) is 24.0 Å². The van der Waals surface area contributed by atoms with Crippen LogP contribution in [0.2, 0.25) is 0 Å². The molecule has 0 aliphatic heterocycles. The van der Waals surface area contributed by atoms with Crippen molar-refractivity contribution in [2.24, 2.45) is 0 Å². The van der Waals surface area contributed by atoms with Crippen LogP contribution in [0.15, 0.2) is 59.5 Å². The minimum atomic E-state index is -3.74. The maximum Gasteiger partial charge on any atom is 0.322 e. The van der Waals surface area contributed by atoms with E-state index >= 15 is 0 Å². The topological polar surface area (TPSA) is 122 Å². The third-order valence-electron chi connectivity index (χ3n) is 4.81. The van der Waals surface area contributed by atoms with Gasteiger partial charge in [-0.15, -0.1) is 0 Å². The predicted molar refractivity (Wildman–Crippen MR) is 116 cm³/mol. The molecule has 9 heteroatoms. The van der Waals surface area contributed by atoms with Gasteiger partial charge in [-0.25, -0.2) is 13.1 Å². The van der Waals surface area contributed by atoms with Gasteiger partial charge in [0.2, 0.25) is 10.0 Å². The van der Waals surface area contributed by atoms with Crippen molar-refractivity contribution < 1.29 is 27.9 Å². The van der Waals surface area contributed by atoms with Gasteiger partial charge in [0.05, 0.1) is 12.0 Å². The highest BCUT2D eigenvalue weighted by molar-refractivity contribution is 7.89. The van der Waals surface area contributed by atoms with E-state index in [0.717, 1.165) is 11.1 Å². The normalized spacial score (nSPS) is 13.4. The van der Waals surface area contributed by atoms with Gasteiger partial charge in [-0.2, -0.15) is 0 Å². The number of rotatable bonds is 12. The number of methoxy groups -OCH3 is 1. The number of hydrogen-bond donors (Lipinski definition) is 3. The Hall–Kier alpha value is -2.75. The lowest BCUT2D eigenvalue weighted by Gasteiger charge is -2.22. The van der Waals surface area contributed by atoms with Crippen LogP contribution in [-0.2, 0) is 30.8 Å². The Morgan fingerprint density at radius 2 is 1.65 bits per heavy atom. The second-order valence-corrected chi connectivity index (χ2v) is 8.92. The lowest BCUT2D eigenvalue weighted by molar-refractivity contribution is -0.145. The van der Waals surface area contributed by atoms with E-state index in [-0.39, 0.29) is 24.3 Å². The summed E-state index contributed by atoms with van der Waals surface area (Å²) >= 11 is 0. The van der Waals surface area contributed by atoms with Gasteiger partial charge in [-0.3, -0.25) is 14.9 Å². The fourth-order valence-electron chi connectivity index (χ4n) is 3.03. The average Bonchev–Trinajstić information content (AvgIpc) is 2.75. The Kier molecular flexibility index (Phi) is 9.17. The van der Waals surface area contributed by atoms with Gasteiger partial charge in [-0.05, 0) is 43.9 Å². The van der Waals surface area contributed by atoms with Crippen LogP contribution >= 0.6 is 0 Å². The van der Waals surface area contributed by atoms with Crippen LogP contribution < -0.4 is 10.0 Å². The van der Waals surface area contributed by atoms with E-state index in [9.17, 15) is 23.1 Å². The maximum absolute atomic E-state index is 12.4. The third kappa shape index (κ3) is 7.78. The fourth-order valence-corrected chi connectivity index (χ4v) is 4.07.